The molecule has 1 saturated heterocycles. The summed E-state index contributed by atoms with van der Waals surface area (Å²) in [6, 6.07) is 0. The molecular weight excluding hydrogens is 199 g/mol. The van der Waals surface area contributed by atoms with Gasteiger partial charge in [0.15, 0.2) is 5.75 Å². The van der Waals surface area contributed by atoms with Crippen LogP contribution in [0.2, 0.25) is 0 Å². The van der Waals surface area contributed by atoms with Crippen LogP contribution >= 0.6 is 0 Å². The predicted octanol–water partition coefficient (Wildman–Crippen LogP) is -0.589. The van der Waals surface area contributed by atoms with E-state index in [1.165, 1.54) is 19.3 Å². The number of aromatic nitrogens is 2. The molecule has 1 aliphatic rings. The standard InChI is InChI=1S/C8H10BN2O4/c1-11-8(12)7(13-2)5(3-10-11)6-4-14-15-9-6/h3,6H,4H2,1-2H3. The fraction of sp³-hybridized carbons (Fsp3) is 0.500. The molecule has 1 atom stereocenters. The van der Waals surface area contributed by atoms with Crippen molar-refractivity contribution in [2.75, 3.05) is 13.7 Å². The highest BCUT2D eigenvalue weighted by Gasteiger charge is 2.27. The third-order valence-electron chi connectivity index (χ3n) is 2.26. The summed E-state index contributed by atoms with van der Waals surface area (Å²) in [5, 5.41) is 3.92. The van der Waals surface area contributed by atoms with Gasteiger partial charge in [0, 0.05) is 18.4 Å². The Labute approximate surface area is 87.0 Å². The third-order valence-corrected chi connectivity index (χ3v) is 2.26. The smallest absolute Gasteiger partial charge is 0.355 e. The number of aryl methyl sites for hydroxylation is 1. The molecule has 6 nitrogen and oxygen atoms in total. The van der Waals surface area contributed by atoms with E-state index in [4.69, 9.17) is 9.62 Å². The molecule has 0 saturated carbocycles. The van der Waals surface area contributed by atoms with Crippen LogP contribution in [0.15, 0.2) is 11.0 Å². The Hall–Kier alpha value is -1.34. The summed E-state index contributed by atoms with van der Waals surface area (Å²) >= 11 is 0. The Morgan fingerprint density at radius 2 is 2.53 bits per heavy atom. The van der Waals surface area contributed by atoms with E-state index in [2.05, 4.69) is 9.90 Å². The number of hydrogen-bond acceptors (Lipinski definition) is 5. The molecule has 0 aliphatic carbocycles. The first-order valence-corrected chi connectivity index (χ1v) is 4.46. The van der Waals surface area contributed by atoms with Gasteiger partial charge in [-0.15, -0.1) is 0 Å². The molecule has 0 amide bonds. The molecule has 1 aromatic rings. The normalized spacial score (nSPS) is 20.0. The molecule has 7 heteroatoms. The van der Waals surface area contributed by atoms with Gasteiger partial charge in [0.25, 0.3) is 0 Å². The van der Waals surface area contributed by atoms with Gasteiger partial charge in [-0.2, -0.15) is 5.10 Å². The van der Waals surface area contributed by atoms with Crippen molar-refractivity contribution in [2.45, 2.75) is 5.82 Å². The lowest BCUT2D eigenvalue weighted by Gasteiger charge is -2.10. The monoisotopic (exact) mass is 209 g/mol. The SMILES string of the molecule is COc1c(C2[B]OOC2)cnn(C)c1=O. The quantitative estimate of drug-likeness (QED) is 0.481. The van der Waals surface area contributed by atoms with E-state index >= 15 is 0 Å². The largest absolute Gasteiger partial charge is 0.491 e. The predicted molar refractivity (Wildman–Crippen MR) is 51.6 cm³/mol. The first-order valence-electron chi connectivity index (χ1n) is 4.46. The van der Waals surface area contributed by atoms with Gasteiger partial charge in [0.05, 0.1) is 19.9 Å². The van der Waals surface area contributed by atoms with Gasteiger partial charge in [0.1, 0.15) is 0 Å². The van der Waals surface area contributed by atoms with Gasteiger partial charge in [-0.25, -0.2) is 4.68 Å². The highest BCUT2D eigenvalue weighted by Crippen LogP contribution is 2.25. The van der Waals surface area contributed by atoms with Crippen LogP contribution in [0, 0.1) is 0 Å². The summed E-state index contributed by atoms with van der Waals surface area (Å²) in [6.45, 7) is 0.366. The van der Waals surface area contributed by atoms with Crippen LogP contribution in [0.3, 0.4) is 0 Å². The number of hydrogen-bond donors (Lipinski definition) is 0. The topological polar surface area (TPSA) is 62.6 Å². The average Bonchev–Trinajstić information content (AvgIpc) is 2.75. The molecule has 0 spiro atoms. The molecule has 2 rings (SSSR count). The average molecular weight is 209 g/mol. The Kier molecular flexibility index (Phi) is 2.74. The minimum atomic E-state index is -0.268. The van der Waals surface area contributed by atoms with Crippen molar-refractivity contribution >= 4 is 7.48 Å². The van der Waals surface area contributed by atoms with E-state index < -0.39 is 0 Å². The Bertz CT molecular complexity index is 414. The molecule has 0 bridgehead atoms. The first kappa shape index (κ1) is 10.2. The first-order chi connectivity index (χ1) is 7.24. The molecule has 1 fully saturated rings. The van der Waals surface area contributed by atoms with Gasteiger partial charge < -0.3 is 9.54 Å². The van der Waals surface area contributed by atoms with Gasteiger partial charge in [-0.05, 0) is 0 Å². The van der Waals surface area contributed by atoms with Crippen molar-refractivity contribution in [2.24, 2.45) is 7.05 Å². The maximum atomic E-state index is 11.7. The molecule has 1 unspecified atom stereocenters. The van der Waals surface area contributed by atoms with Crippen molar-refractivity contribution in [3.8, 4) is 5.75 Å². The van der Waals surface area contributed by atoms with Gasteiger partial charge >= 0.3 is 13.0 Å². The number of nitrogens with zero attached hydrogens (tertiary/aromatic N) is 2. The molecular formula is C8H10BN2O4. The van der Waals surface area contributed by atoms with Crippen molar-refractivity contribution < 1.29 is 14.4 Å². The molecule has 1 aliphatic heterocycles. The van der Waals surface area contributed by atoms with Crippen molar-refractivity contribution in [3.05, 3.63) is 22.1 Å². The van der Waals surface area contributed by atoms with E-state index in [1.807, 2.05) is 0 Å². The van der Waals surface area contributed by atoms with Crippen LogP contribution < -0.4 is 10.3 Å². The second kappa shape index (κ2) is 4.04. The highest BCUT2D eigenvalue weighted by atomic mass is 17.2. The minimum Gasteiger partial charge on any atom is -0.491 e. The van der Waals surface area contributed by atoms with Crippen LogP contribution in [0.1, 0.15) is 11.4 Å². The summed E-state index contributed by atoms with van der Waals surface area (Å²) in [7, 11) is 4.54. The molecule has 15 heavy (non-hydrogen) atoms. The number of ether oxygens (including phenoxy) is 1. The highest BCUT2D eigenvalue weighted by molar-refractivity contribution is 6.30. The molecule has 1 radical (unpaired) electrons. The van der Waals surface area contributed by atoms with E-state index in [0.29, 0.717) is 12.2 Å². The number of rotatable bonds is 2. The summed E-state index contributed by atoms with van der Waals surface area (Å²) in [5.41, 5.74) is 0.411. The fourth-order valence-corrected chi connectivity index (χ4v) is 1.42. The van der Waals surface area contributed by atoms with Crippen molar-refractivity contribution in [1.82, 2.24) is 9.78 Å². The van der Waals surface area contributed by atoms with Crippen LogP contribution in [0.5, 0.6) is 5.75 Å². The van der Waals surface area contributed by atoms with E-state index in [1.54, 1.807) is 13.2 Å². The molecule has 0 aromatic carbocycles. The molecule has 2 heterocycles. The molecule has 79 valence electrons. The molecule has 0 N–H and O–H groups in total. The third kappa shape index (κ3) is 1.75. The molecule has 1 aromatic heterocycles. The summed E-state index contributed by atoms with van der Waals surface area (Å²) in [4.78, 5) is 21.1. The van der Waals surface area contributed by atoms with E-state index in [0.717, 1.165) is 0 Å². The summed E-state index contributed by atoms with van der Waals surface area (Å²) in [5.74, 6) is 0.171. The van der Waals surface area contributed by atoms with Gasteiger partial charge in [-0.3, -0.25) is 9.68 Å². The maximum absolute atomic E-state index is 11.7. The number of methoxy groups -OCH3 is 1. The van der Waals surface area contributed by atoms with Crippen LogP contribution in [0.4, 0.5) is 0 Å². The van der Waals surface area contributed by atoms with Gasteiger partial charge in [-0.1, -0.05) is 0 Å². The summed E-state index contributed by atoms with van der Waals surface area (Å²) < 4.78 is 6.29. The Balaban J connectivity index is 2.46. The van der Waals surface area contributed by atoms with E-state index in [-0.39, 0.29) is 17.1 Å². The van der Waals surface area contributed by atoms with Crippen molar-refractivity contribution in [3.63, 3.8) is 0 Å². The zero-order valence-electron chi connectivity index (χ0n) is 8.47. The van der Waals surface area contributed by atoms with Crippen molar-refractivity contribution in [1.29, 1.82) is 0 Å². The second-order valence-electron chi connectivity index (χ2n) is 3.19. The van der Waals surface area contributed by atoms with Crippen LogP contribution in [-0.4, -0.2) is 31.0 Å². The summed E-state index contributed by atoms with van der Waals surface area (Å²) in [6.07, 6.45) is 1.58. The Morgan fingerprint density at radius 1 is 1.73 bits per heavy atom. The second-order valence-corrected chi connectivity index (χ2v) is 3.19. The lowest BCUT2D eigenvalue weighted by molar-refractivity contribution is -0.183. The Morgan fingerprint density at radius 3 is 3.13 bits per heavy atom. The minimum absolute atomic E-state index is 0.110. The lowest BCUT2D eigenvalue weighted by Crippen LogP contribution is -2.24. The maximum Gasteiger partial charge on any atom is 0.355 e. The fourth-order valence-electron chi connectivity index (χ4n) is 1.42. The zero-order valence-corrected chi connectivity index (χ0v) is 8.47. The van der Waals surface area contributed by atoms with Gasteiger partial charge in [0.2, 0.25) is 0 Å². The van der Waals surface area contributed by atoms with Crippen LogP contribution in [-0.2, 0) is 16.7 Å². The zero-order chi connectivity index (χ0) is 10.8. The van der Waals surface area contributed by atoms with Crippen LogP contribution in [0.25, 0.3) is 0 Å². The lowest BCUT2D eigenvalue weighted by atomic mass is 9.77. The van der Waals surface area contributed by atoms with E-state index in [9.17, 15) is 4.79 Å².